The maximum Gasteiger partial charge on any atom is 0.188 e. The minimum absolute atomic E-state index is 0. The van der Waals surface area contributed by atoms with Crippen molar-refractivity contribution in [3.05, 3.63) is 22.4 Å². The fourth-order valence-corrected chi connectivity index (χ4v) is 4.25. The van der Waals surface area contributed by atoms with E-state index in [0.29, 0.717) is 12.0 Å². The van der Waals surface area contributed by atoms with E-state index in [0.717, 1.165) is 24.9 Å². The van der Waals surface area contributed by atoms with Gasteiger partial charge in [-0.15, -0.1) is 35.3 Å². The lowest BCUT2D eigenvalue weighted by molar-refractivity contribution is 0.143. The van der Waals surface area contributed by atoms with E-state index in [2.05, 4.69) is 39.6 Å². The Morgan fingerprint density at radius 3 is 2.71 bits per heavy atom. The highest BCUT2D eigenvalue weighted by Gasteiger charge is 2.25. The summed E-state index contributed by atoms with van der Waals surface area (Å²) in [7, 11) is 0. The zero-order valence-electron chi connectivity index (χ0n) is 14.6. The summed E-state index contributed by atoms with van der Waals surface area (Å²) in [6.45, 7) is 6.46. The van der Waals surface area contributed by atoms with Gasteiger partial charge in [-0.1, -0.05) is 19.4 Å². The molecular formula is C18H31IN4S. The van der Waals surface area contributed by atoms with E-state index in [1.54, 1.807) is 0 Å². The third kappa shape index (κ3) is 5.59. The minimum atomic E-state index is 0. The van der Waals surface area contributed by atoms with Crippen LogP contribution in [0.4, 0.5) is 0 Å². The molecule has 0 aromatic carbocycles. The quantitative estimate of drug-likeness (QED) is 0.384. The maximum absolute atomic E-state index is 6.08. The zero-order valence-corrected chi connectivity index (χ0v) is 17.8. The molecule has 1 aromatic rings. The van der Waals surface area contributed by atoms with Crippen LogP contribution < -0.4 is 11.1 Å². The van der Waals surface area contributed by atoms with Gasteiger partial charge in [0.15, 0.2) is 5.96 Å². The summed E-state index contributed by atoms with van der Waals surface area (Å²) in [5.74, 6) is 2.28. The van der Waals surface area contributed by atoms with Gasteiger partial charge in [0.1, 0.15) is 0 Å². The molecule has 1 aliphatic carbocycles. The van der Waals surface area contributed by atoms with E-state index >= 15 is 0 Å². The van der Waals surface area contributed by atoms with Gasteiger partial charge in [0.2, 0.25) is 0 Å². The van der Waals surface area contributed by atoms with E-state index in [1.807, 2.05) is 11.3 Å². The molecule has 2 heterocycles. The lowest BCUT2D eigenvalue weighted by atomic mass is 9.85. The first kappa shape index (κ1) is 20.0. The Morgan fingerprint density at radius 2 is 2.12 bits per heavy atom. The fourth-order valence-electron chi connectivity index (χ4n) is 3.39. The Labute approximate surface area is 167 Å². The number of nitrogens with one attached hydrogen (secondary N) is 1. The van der Waals surface area contributed by atoms with Crippen LogP contribution in [0.1, 0.15) is 49.9 Å². The molecule has 3 N–H and O–H groups in total. The molecule has 1 unspecified atom stereocenters. The molecule has 0 spiro atoms. The highest BCUT2D eigenvalue weighted by atomic mass is 127. The molecule has 1 aliphatic heterocycles. The van der Waals surface area contributed by atoms with Crippen molar-refractivity contribution in [2.45, 2.75) is 45.1 Å². The molecule has 0 amide bonds. The molecule has 0 radical (unpaired) electrons. The van der Waals surface area contributed by atoms with Gasteiger partial charge >= 0.3 is 0 Å². The van der Waals surface area contributed by atoms with Crippen molar-refractivity contribution in [3.8, 4) is 0 Å². The molecule has 6 heteroatoms. The van der Waals surface area contributed by atoms with Crippen molar-refractivity contribution in [3.63, 3.8) is 0 Å². The van der Waals surface area contributed by atoms with Gasteiger partial charge in [0, 0.05) is 11.4 Å². The summed E-state index contributed by atoms with van der Waals surface area (Å²) in [6, 6.07) is 4.76. The van der Waals surface area contributed by atoms with Crippen molar-refractivity contribution >= 4 is 41.3 Å². The molecule has 24 heavy (non-hydrogen) atoms. The lowest BCUT2D eigenvalue weighted by Gasteiger charge is -2.35. The second-order valence-electron chi connectivity index (χ2n) is 7.15. The van der Waals surface area contributed by atoms with E-state index in [-0.39, 0.29) is 24.0 Å². The number of likely N-dealkylation sites (tertiary alicyclic amines) is 1. The van der Waals surface area contributed by atoms with E-state index in [9.17, 15) is 0 Å². The average molecular weight is 462 g/mol. The van der Waals surface area contributed by atoms with Gasteiger partial charge in [-0.2, -0.15) is 0 Å². The normalized spacial score (nSPS) is 21.8. The molecule has 3 rings (SSSR count). The van der Waals surface area contributed by atoms with Crippen LogP contribution in [-0.2, 0) is 0 Å². The first-order valence-electron chi connectivity index (χ1n) is 9.03. The SMILES string of the molecule is CC1CCN(C(CN=C(N)NCC2CCC2)c2cccs2)CC1.I. The van der Waals surface area contributed by atoms with Crippen LogP contribution in [-0.4, -0.2) is 37.0 Å². The third-order valence-electron chi connectivity index (χ3n) is 5.36. The number of thiophene rings is 1. The van der Waals surface area contributed by atoms with E-state index in [4.69, 9.17) is 5.73 Å². The molecule has 136 valence electrons. The number of piperidine rings is 1. The third-order valence-corrected chi connectivity index (χ3v) is 6.34. The Morgan fingerprint density at radius 1 is 1.38 bits per heavy atom. The Bertz CT molecular complexity index is 493. The van der Waals surface area contributed by atoms with Crippen molar-refractivity contribution < 1.29 is 0 Å². The van der Waals surface area contributed by atoms with Crippen LogP contribution in [0.25, 0.3) is 0 Å². The molecule has 2 fully saturated rings. The topological polar surface area (TPSA) is 53.6 Å². The predicted octanol–water partition coefficient (Wildman–Crippen LogP) is 3.84. The predicted molar refractivity (Wildman–Crippen MR) is 114 cm³/mol. The summed E-state index contributed by atoms with van der Waals surface area (Å²) in [6.07, 6.45) is 6.63. The minimum Gasteiger partial charge on any atom is -0.370 e. The summed E-state index contributed by atoms with van der Waals surface area (Å²) in [5, 5.41) is 5.47. The molecule has 1 saturated carbocycles. The smallest absolute Gasteiger partial charge is 0.188 e. The number of hydrogen-bond acceptors (Lipinski definition) is 3. The van der Waals surface area contributed by atoms with Crippen LogP contribution in [0, 0.1) is 11.8 Å². The maximum atomic E-state index is 6.08. The van der Waals surface area contributed by atoms with Crippen LogP contribution in [0.5, 0.6) is 0 Å². The summed E-state index contributed by atoms with van der Waals surface area (Å²) in [5.41, 5.74) is 6.08. The second kappa shape index (κ2) is 9.97. The lowest BCUT2D eigenvalue weighted by Crippen LogP contribution is -2.39. The van der Waals surface area contributed by atoms with E-state index in [1.165, 1.54) is 50.1 Å². The number of nitrogens with zero attached hydrogens (tertiary/aromatic N) is 2. The Balaban J connectivity index is 0.00000208. The molecule has 1 atom stereocenters. The van der Waals surface area contributed by atoms with Gasteiger partial charge in [0.25, 0.3) is 0 Å². The van der Waals surface area contributed by atoms with Crippen LogP contribution >= 0.6 is 35.3 Å². The average Bonchev–Trinajstić information content (AvgIpc) is 3.02. The molecule has 1 saturated heterocycles. The number of hydrogen-bond donors (Lipinski definition) is 2. The van der Waals surface area contributed by atoms with Crippen LogP contribution in [0.2, 0.25) is 0 Å². The Kier molecular flexibility index (Phi) is 8.30. The van der Waals surface area contributed by atoms with Gasteiger partial charge < -0.3 is 11.1 Å². The van der Waals surface area contributed by atoms with Crippen molar-refractivity contribution in [2.24, 2.45) is 22.6 Å². The standard InChI is InChI=1S/C18H30N4S.HI/c1-14-7-9-22(10-8-14)16(17-6-3-11-23-17)13-21-18(19)20-12-15-4-2-5-15;/h3,6,11,14-16H,2,4-5,7-10,12-13H2,1H3,(H3,19,20,21);1H. The first-order valence-corrected chi connectivity index (χ1v) is 9.91. The van der Waals surface area contributed by atoms with Gasteiger partial charge in [-0.3, -0.25) is 9.89 Å². The van der Waals surface area contributed by atoms with Crippen LogP contribution in [0.3, 0.4) is 0 Å². The number of aliphatic imine (C=N–C) groups is 1. The molecule has 1 aromatic heterocycles. The monoisotopic (exact) mass is 462 g/mol. The van der Waals surface area contributed by atoms with E-state index < -0.39 is 0 Å². The number of guanidine groups is 1. The highest BCUT2D eigenvalue weighted by molar-refractivity contribution is 14.0. The highest BCUT2D eigenvalue weighted by Crippen LogP contribution is 2.29. The molecular weight excluding hydrogens is 431 g/mol. The Hall–Kier alpha value is -0.340. The number of rotatable bonds is 6. The number of nitrogens with two attached hydrogens (primary N) is 1. The van der Waals surface area contributed by atoms with Crippen molar-refractivity contribution in [1.82, 2.24) is 10.2 Å². The zero-order chi connectivity index (χ0) is 16.1. The first-order chi connectivity index (χ1) is 11.2. The van der Waals surface area contributed by atoms with Gasteiger partial charge in [-0.05, 0) is 62.1 Å². The summed E-state index contributed by atoms with van der Waals surface area (Å²) in [4.78, 5) is 8.66. The van der Waals surface area contributed by atoms with Crippen molar-refractivity contribution in [2.75, 3.05) is 26.2 Å². The molecule has 4 nitrogen and oxygen atoms in total. The van der Waals surface area contributed by atoms with Crippen molar-refractivity contribution in [1.29, 1.82) is 0 Å². The molecule has 2 aliphatic rings. The largest absolute Gasteiger partial charge is 0.370 e. The van der Waals surface area contributed by atoms with Crippen LogP contribution in [0.15, 0.2) is 22.5 Å². The second-order valence-corrected chi connectivity index (χ2v) is 8.13. The summed E-state index contributed by atoms with van der Waals surface area (Å²) < 4.78 is 0. The van der Waals surface area contributed by atoms with Gasteiger partial charge in [-0.25, -0.2) is 0 Å². The fraction of sp³-hybridized carbons (Fsp3) is 0.722. The van der Waals surface area contributed by atoms with Gasteiger partial charge in [0.05, 0.1) is 12.6 Å². The molecule has 0 bridgehead atoms. The number of halogens is 1. The summed E-state index contributed by atoms with van der Waals surface area (Å²) >= 11 is 1.84.